The SMILES string of the molecule is NCC(C(=O)Nc1ccc2cnccc2c1)c1ccc2c(c1)[B]OC2. The van der Waals surface area contributed by atoms with E-state index in [9.17, 15) is 4.79 Å². The number of nitrogens with zero attached hydrogens (tertiary/aromatic N) is 1. The average molecular weight is 330 g/mol. The third-order valence-electron chi connectivity index (χ3n) is 4.48. The Bertz CT molecular complexity index is 945. The highest BCUT2D eigenvalue weighted by molar-refractivity contribution is 6.48. The predicted octanol–water partition coefficient (Wildman–Crippen LogP) is 1.69. The van der Waals surface area contributed by atoms with Crippen molar-refractivity contribution in [3.63, 3.8) is 0 Å². The van der Waals surface area contributed by atoms with Crippen LogP contribution in [0, 0.1) is 0 Å². The topological polar surface area (TPSA) is 77.2 Å². The van der Waals surface area contributed by atoms with E-state index in [1.165, 1.54) is 0 Å². The number of pyridine rings is 1. The summed E-state index contributed by atoms with van der Waals surface area (Å²) in [5.74, 6) is -0.526. The lowest BCUT2D eigenvalue weighted by Crippen LogP contribution is -2.28. The van der Waals surface area contributed by atoms with Gasteiger partial charge in [-0.3, -0.25) is 9.78 Å². The maximum atomic E-state index is 12.7. The fourth-order valence-corrected chi connectivity index (χ4v) is 3.08. The number of carbonyl (C=O) groups excluding carboxylic acids is 1. The number of amides is 1. The van der Waals surface area contributed by atoms with Crippen molar-refractivity contribution in [1.29, 1.82) is 0 Å². The lowest BCUT2D eigenvalue weighted by Gasteiger charge is -2.16. The maximum Gasteiger partial charge on any atom is 0.330 e. The Morgan fingerprint density at radius 3 is 3.04 bits per heavy atom. The van der Waals surface area contributed by atoms with Gasteiger partial charge < -0.3 is 15.7 Å². The monoisotopic (exact) mass is 330 g/mol. The van der Waals surface area contributed by atoms with Crippen LogP contribution in [0.2, 0.25) is 0 Å². The molecule has 0 aliphatic carbocycles. The Morgan fingerprint density at radius 1 is 1.24 bits per heavy atom. The van der Waals surface area contributed by atoms with Crippen molar-refractivity contribution in [1.82, 2.24) is 4.98 Å². The fourth-order valence-electron chi connectivity index (χ4n) is 3.08. The van der Waals surface area contributed by atoms with Crippen LogP contribution < -0.4 is 16.5 Å². The first-order valence-electron chi connectivity index (χ1n) is 8.17. The Kier molecular flexibility index (Phi) is 4.21. The third-order valence-corrected chi connectivity index (χ3v) is 4.48. The molecule has 2 heterocycles. The normalized spacial score (nSPS) is 14.0. The van der Waals surface area contributed by atoms with E-state index in [4.69, 9.17) is 10.4 Å². The van der Waals surface area contributed by atoms with E-state index >= 15 is 0 Å². The van der Waals surface area contributed by atoms with Crippen LogP contribution >= 0.6 is 0 Å². The van der Waals surface area contributed by atoms with Crippen molar-refractivity contribution in [3.8, 4) is 0 Å². The molecule has 1 radical (unpaired) electrons. The summed E-state index contributed by atoms with van der Waals surface area (Å²) in [6.45, 7) is 0.823. The standard InChI is InChI=1S/C19H17BN3O2/c21-9-17(13-1-2-15-11-25-20-18(15)8-13)19(24)23-16-4-3-14-10-22-6-5-12(14)7-16/h1-8,10,17H,9,11,21H2,(H,23,24). The highest BCUT2D eigenvalue weighted by Crippen LogP contribution is 2.22. The van der Waals surface area contributed by atoms with Crippen molar-refractivity contribution in [2.45, 2.75) is 12.5 Å². The van der Waals surface area contributed by atoms with E-state index in [1.807, 2.05) is 42.5 Å². The molecule has 5 nitrogen and oxygen atoms in total. The van der Waals surface area contributed by atoms with Gasteiger partial charge in [0, 0.05) is 30.0 Å². The molecule has 6 heteroatoms. The molecule has 1 unspecified atom stereocenters. The van der Waals surface area contributed by atoms with Gasteiger partial charge in [-0.1, -0.05) is 24.3 Å². The molecular weight excluding hydrogens is 313 g/mol. The Labute approximate surface area is 146 Å². The molecule has 4 rings (SSSR count). The predicted molar refractivity (Wildman–Crippen MR) is 98.8 cm³/mol. The molecule has 3 aromatic rings. The van der Waals surface area contributed by atoms with E-state index in [2.05, 4.69) is 10.3 Å². The number of fused-ring (bicyclic) bond motifs is 2. The van der Waals surface area contributed by atoms with Crippen LogP contribution in [0.4, 0.5) is 5.69 Å². The second-order valence-electron chi connectivity index (χ2n) is 6.10. The number of nitrogens with two attached hydrogens (primary N) is 1. The molecule has 1 amide bonds. The van der Waals surface area contributed by atoms with Gasteiger partial charge in [0.15, 0.2) is 0 Å². The second kappa shape index (κ2) is 6.66. The highest BCUT2D eigenvalue weighted by atomic mass is 16.4. The van der Waals surface area contributed by atoms with Gasteiger partial charge in [0.2, 0.25) is 5.91 Å². The van der Waals surface area contributed by atoms with Gasteiger partial charge in [0.05, 0.1) is 12.5 Å². The maximum absolute atomic E-state index is 12.7. The van der Waals surface area contributed by atoms with Crippen molar-refractivity contribution in [2.24, 2.45) is 5.73 Å². The number of anilines is 1. The second-order valence-corrected chi connectivity index (χ2v) is 6.10. The number of rotatable bonds is 4. The largest absolute Gasteiger partial charge is 0.430 e. The Hall–Kier alpha value is -2.70. The van der Waals surface area contributed by atoms with Gasteiger partial charge in [-0.2, -0.15) is 0 Å². The Balaban J connectivity index is 1.57. The van der Waals surface area contributed by atoms with Gasteiger partial charge in [0.25, 0.3) is 0 Å². The number of benzene rings is 2. The van der Waals surface area contributed by atoms with Crippen LogP contribution in [0.1, 0.15) is 17.0 Å². The van der Waals surface area contributed by atoms with Crippen molar-refractivity contribution >= 4 is 35.3 Å². The van der Waals surface area contributed by atoms with Crippen molar-refractivity contribution < 1.29 is 9.45 Å². The van der Waals surface area contributed by atoms with Crippen LogP contribution in [-0.2, 0) is 16.1 Å². The summed E-state index contributed by atoms with van der Waals surface area (Å²) < 4.78 is 5.32. The van der Waals surface area contributed by atoms with E-state index in [-0.39, 0.29) is 12.5 Å². The molecule has 123 valence electrons. The number of carbonyl (C=O) groups is 1. The van der Waals surface area contributed by atoms with Gasteiger partial charge >= 0.3 is 7.48 Å². The van der Waals surface area contributed by atoms with Crippen molar-refractivity contribution in [2.75, 3.05) is 11.9 Å². The van der Waals surface area contributed by atoms with Crippen LogP contribution in [0.3, 0.4) is 0 Å². The molecule has 1 aliphatic heterocycles. The molecular formula is C19H17BN3O2. The summed E-state index contributed by atoms with van der Waals surface area (Å²) >= 11 is 0. The third kappa shape index (κ3) is 3.14. The quantitative estimate of drug-likeness (QED) is 0.714. The molecule has 2 aromatic carbocycles. The van der Waals surface area contributed by atoms with Gasteiger partial charge in [-0.15, -0.1) is 0 Å². The van der Waals surface area contributed by atoms with Crippen LogP contribution in [0.15, 0.2) is 54.9 Å². The zero-order valence-electron chi connectivity index (χ0n) is 13.6. The molecule has 1 aliphatic rings. The number of hydrogen-bond donors (Lipinski definition) is 2. The molecule has 0 saturated carbocycles. The van der Waals surface area contributed by atoms with Crippen LogP contribution in [0.25, 0.3) is 10.8 Å². The zero-order valence-corrected chi connectivity index (χ0v) is 13.6. The number of nitrogens with one attached hydrogen (secondary N) is 1. The first-order chi connectivity index (χ1) is 12.2. The minimum atomic E-state index is -0.410. The first-order valence-corrected chi connectivity index (χ1v) is 8.17. The lowest BCUT2D eigenvalue weighted by molar-refractivity contribution is -0.117. The van der Waals surface area contributed by atoms with E-state index in [1.54, 1.807) is 19.9 Å². The number of aromatic nitrogens is 1. The summed E-state index contributed by atoms with van der Waals surface area (Å²) in [6, 6.07) is 13.6. The highest BCUT2D eigenvalue weighted by Gasteiger charge is 2.22. The van der Waals surface area contributed by atoms with Gasteiger partial charge in [0.1, 0.15) is 0 Å². The fraction of sp³-hybridized carbons (Fsp3) is 0.158. The minimum absolute atomic E-state index is 0.116. The van der Waals surface area contributed by atoms with Crippen molar-refractivity contribution in [3.05, 3.63) is 66.0 Å². The summed E-state index contributed by atoms with van der Waals surface area (Å²) in [7, 11) is 1.72. The summed E-state index contributed by atoms with van der Waals surface area (Å²) in [6.07, 6.45) is 3.53. The lowest BCUT2D eigenvalue weighted by atomic mass is 9.83. The molecule has 0 bridgehead atoms. The molecule has 0 spiro atoms. The molecule has 25 heavy (non-hydrogen) atoms. The first kappa shape index (κ1) is 15.8. The van der Waals surface area contributed by atoms with Crippen LogP contribution in [-0.4, -0.2) is 24.9 Å². The molecule has 1 atom stereocenters. The average Bonchev–Trinajstić information content (AvgIpc) is 3.10. The zero-order chi connectivity index (χ0) is 17.2. The van der Waals surface area contributed by atoms with Crippen LogP contribution in [0.5, 0.6) is 0 Å². The van der Waals surface area contributed by atoms with E-state index < -0.39 is 5.92 Å². The smallest absolute Gasteiger partial charge is 0.330 e. The molecule has 1 aromatic heterocycles. The molecule has 3 N–H and O–H groups in total. The number of hydrogen-bond acceptors (Lipinski definition) is 4. The van der Waals surface area contributed by atoms with E-state index in [0.717, 1.165) is 33.0 Å². The summed E-state index contributed by atoms with van der Waals surface area (Å²) in [5.41, 5.74) is 9.67. The van der Waals surface area contributed by atoms with E-state index in [0.29, 0.717) is 6.61 Å². The summed E-state index contributed by atoms with van der Waals surface area (Å²) in [5, 5.41) is 5.03. The minimum Gasteiger partial charge on any atom is -0.430 e. The molecule has 0 fully saturated rings. The van der Waals surface area contributed by atoms with Gasteiger partial charge in [-0.25, -0.2) is 0 Å². The molecule has 0 saturated heterocycles. The summed E-state index contributed by atoms with van der Waals surface area (Å²) in [4.78, 5) is 16.8. The Morgan fingerprint density at radius 2 is 2.16 bits per heavy atom. The van der Waals surface area contributed by atoms with Gasteiger partial charge in [-0.05, 0) is 40.2 Å².